The second-order valence-corrected chi connectivity index (χ2v) is 12.8. The van der Waals surface area contributed by atoms with Crippen LogP contribution in [0.3, 0.4) is 0 Å². The number of likely N-dealkylation sites (tertiary alicyclic amines) is 2. The number of Topliss-reactive ketones (excluding diaryl/α,β-unsaturated/α-hetero) is 2. The molecule has 44 heavy (non-hydrogen) atoms. The molecule has 0 saturated carbocycles. The number of aromatic nitrogens is 2. The molecule has 2 aliphatic heterocycles. The van der Waals surface area contributed by atoms with Gasteiger partial charge in [-0.1, -0.05) is 24.3 Å². The second-order valence-electron chi connectivity index (χ2n) is 12.8. The van der Waals surface area contributed by atoms with Crippen molar-refractivity contribution in [3.63, 3.8) is 0 Å². The minimum Gasteiger partial charge on any atom is -0.318 e. The van der Waals surface area contributed by atoms with Crippen LogP contribution >= 0.6 is 0 Å². The number of nitrogens with zero attached hydrogens (tertiary/aromatic N) is 4. The van der Waals surface area contributed by atoms with Gasteiger partial charge in [0.25, 0.3) is 0 Å². The Morgan fingerprint density at radius 3 is 2.09 bits per heavy atom. The topological polar surface area (TPSA) is 50.5 Å². The molecular formula is C37H43FN4O2. The highest BCUT2D eigenvalue weighted by Crippen LogP contribution is 2.27. The maximum Gasteiger partial charge on any atom is 0.178 e. The molecule has 0 aliphatic carbocycles. The summed E-state index contributed by atoms with van der Waals surface area (Å²) in [5.74, 6) is 0.454. The lowest BCUT2D eigenvalue weighted by molar-refractivity contribution is 0.0935. The lowest BCUT2D eigenvalue weighted by atomic mass is 9.98. The van der Waals surface area contributed by atoms with E-state index in [1.807, 2.05) is 36.6 Å². The molecule has 7 heteroatoms. The van der Waals surface area contributed by atoms with Crippen LogP contribution in [-0.2, 0) is 6.42 Å². The smallest absolute Gasteiger partial charge is 0.178 e. The number of ketones is 2. The number of hydrogen-bond acceptors (Lipinski definition) is 4. The molecule has 0 bridgehead atoms. The van der Waals surface area contributed by atoms with E-state index < -0.39 is 0 Å². The predicted octanol–water partition coefficient (Wildman–Crippen LogP) is 6.67. The van der Waals surface area contributed by atoms with Gasteiger partial charge in [0, 0.05) is 46.1 Å². The van der Waals surface area contributed by atoms with Gasteiger partial charge >= 0.3 is 0 Å². The number of hydrogen-bond donors (Lipinski definition) is 0. The molecule has 0 amide bonds. The quantitative estimate of drug-likeness (QED) is 0.193. The van der Waals surface area contributed by atoms with Crippen LogP contribution in [0.1, 0.15) is 68.3 Å². The molecule has 1 atom stereocenters. The highest BCUT2D eigenvalue weighted by atomic mass is 19.1. The van der Waals surface area contributed by atoms with Gasteiger partial charge in [-0.15, -0.1) is 0 Å². The van der Waals surface area contributed by atoms with E-state index in [0.717, 1.165) is 73.0 Å². The van der Waals surface area contributed by atoms with Gasteiger partial charge in [0.15, 0.2) is 11.6 Å². The summed E-state index contributed by atoms with van der Waals surface area (Å²) in [6.07, 6.45) is 4.35. The molecule has 6 rings (SSSR count). The summed E-state index contributed by atoms with van der Waals surface area (Å²) in [6, 6.07) is 19.3. The highest BCUT2D eigenvalue weighted by molar-refractivity contribution is 5.99. The third kappa shape index (κ3) is 6.08. The average molecular weight is 595 g/mol. The van der Waals surface area contributed by atoms with E-state index in [9.17, 15) is 14.0 Å². The fourth-order valence-corrected chi connectivity index (χ4v) is 7.39. The van der Waals surface area contributed by atoms with Gasteiger partial charge in [0.1, 0.15) is 5.82 Å². The van der Waals surface area contributed by atoms with Crippen LogP contribution in [0.2, 0.25) is 0 Å². The van der Waals surface area contributed by atoms with Gasteiger partial charge in [-0.2, -0.15) is 0 Å². The molecule has 6 nitrogen and oxygen atoms in total. The number of para-hydroxylation sites is 1. The summed E-state index contributed by atoms with van der Waals surface area (Å²) < 4.78 is 18.6. The van der Waals surface area contributed by atoms with Gasteiger partial charge in [-0.05, 0) is 121 Å². The summed E-state index contributed by atoms with van der Waals surface area (Å²) >= 11 is 0. The fraction of sp³-hybridized carbons (Fsp3) is 0.405. The maximum atomic E-state index is 14.5. The van der Waals surface area contributed by atoms with Crippen LogP contribution in [-0.4, -0.2) is 69.8 Å². The zero-order valence-electron chi connectivity index (χ0n) is 26.4. The van der Waals surface area contributed by atoms with Gasteiger partial charge in [0.05, 0.1) is 18.8 Å². The molecule has 2 aromatic carbocycles. The van der Waals surface area contributed by atoms with Crippen LogP contribution in [0, 0.1) is 39.4 Å². The third-order valence-corrected chi connectivity index (χ3v) is 9.55. The Hall–Kier alpha value is -3.81. The summed E-state index contributed by atoms with van der Waals surface area (Å²) in [5, 5.41) is 0. The van der Waals surface area contributed by atoms with Crippen molar-refractivity contribution in [1.82, 2.24) is 18.9 Å². The third-order valence-electron chi connectivity index (χ3n) is 9.55. The number of benzene rings is 2. The Morgan fingerprint density at radius 2 is 1.39 bits per heavy atom. The highest BCUT2D eigenvalue weighted by Gasteiger charge is 2.27. The standard InChI is InChI=1S/C37H43FN4O2/c1-25-18-32(36(43)23-39-15-7-8-16-39)27(3)41(25)31-11-9-10-29(21-31)20-30-14-17-40(22-30)24-37(44)33-19-26(2)42(28(33)4)35-13-6-5-12-34(35)38/h5-6,9-13,18-19,21,30H,7-8,14-17,20,22-24H2,1-4H3. The first-order chi connectivity index (χ1) is 21.2. The second kappa shape index (κ2) is 12.7. The largest absolute Gasteiger partial charge is 0.318 e. The van der Waals surface area contributed by atoms with Crippen molar-refractivity contribution >= 4 is 11.6 Å². The summed E-state index contributed by atoms with van der Waals surface area (Å²) in [7, 11) is 0. The SMILES string of the molecule is Cc1cc(C(=O)CN2CCCC2)c(C)n1-c1cccc(CC2CCN(CC(=O)c3cc(C)n(-c4ccccc4F)c3C)C2)c1. The predicted molar refractivity (Wildman–Crippen MR) is 173 cm³/mol. The van der Waals surface area contributed by atoms with Crippen molar-refractivity contribution in [2.75, 3.05) is 39.3 Å². The molecule has 2 aliphatic rings. The first-order valence-corrected chi connectivity index (χ1v) is 15.9. The van der Waals surface area contributed by atoms with E-state index in [2.05, 4.69) is 52.5 Å². The zero-order valence-corrected chi connectivity index (χ0v) is 26.4. The number of aryl methyl sites for hydroxylation is 2. The molecule has 230 valence electrons. The Balaban J connectivity index is 1.10. The molecule has 4 heterocycles. The van der Waals surface area contributed by atoms with Gasteiger partial charge < -0.3 is 9.13 Å². The van der Waals surface area contributed by atoms with Gasteiger partial charge in [-0.25, -0.2) is 4.39 Å². The van der Waals surface area contributed by atoms with E-state index in [1.165, 1.54) is 24.5 Å². The van der Waals surface area contributed by atoms with Crippen molar-refractivity contribution in [3.05, 3.63) is 106 Å². The lowest BCUT2D eigenvalue weighted by Gasteiger charge is -2.16. The zero-order chi connectivity index (χ0) is 31.0. The van der Waals surface area contributed by atoms with E-state index in [0.29, 0.717) is 30.3 Å². The van der Waals surface area contributed by atoms with Crippen LogP contribution in [0.4, 0.5) is 4.39 Å². The summed E-state index contributed by atoms with van der Waals surface area (Å²) in [5.41, 5.74) is 8.03. The Morgan fingerprint density at radius 1 is 0.750 bits per heavy atom. The minimum absolute atomic E-state index is 0.0805. The number of rotatable bonds is 10. The first kappa shape index (κ1) is 30.2. The van der Waals surface area contributed by atoms with Gasteiger partial charge in [0.2, 0.25) is 0 Å². The molecule has 2 aromatic heterocycles. The van der Waals surface area contributed by atoms with Crippen molar-refractivity contribution in [2.45, 2.75) is 53.4 Å². The Labute approximate surface area is 260 Å². The summed E-state index contributed by atoms with van der Waals surface area (Å²) in [6.45, 7) is 12.6. The van der Waals surface area contributed by atoms with Crippen LogP contribution in [0.5, 0.6) is 0 Å². The van der Waals surface area contributed by atoms with Crippen molar-refractivity contribution < 1.29 is 14.0 Å². The number of carbonyl (C=O) groups excluding carboxylic acids is 2. The van der Waals surface area contributed by atoms with E-state index >= 15 is 0 Å². The van der Waals surface area contributed by atoms with Crippen molar-refractivity contribution in [3.8, 4) is 11.4 Å². The van der Waals surface area contributed by atoms with Crippen LogP contribution < -0.4 is 0 Å². The summed E-state index contributed by atoms with van der Waals surface area (Å²) in [4.78, 5) is 31.0. The molecule has 1 unspecified atom stereocenters. The van der Waals surface area contributed by atoms with E-state index in [-0.39, 0.29) is 17.4 Å². The molecule has 0 N–H and O–H groups in total. The monoisotopic (exact) mass is 594 g/mol. The lowest BCUT2D eigenvalue weighted by Crippen LogP contribution is -2.28. The maximum absolute atomic E-state index is 14.5. The number of halogens is 1. The molecule has 2 saturated heterocycles. The molecular weight excluding hydrogens is 551 g/mol. The molecule has 2 fully saturated rings. The van der Waals surface area contributed by atoms with Crippen LogP contribution in [0.15, 0.2) is 60.7 Å². The Kier molecular flexibility index (Phi) is 8.70. The van der Waals surface area contributed by atoms with E-state index in [4.69, 9.17) is 0 Å². The Bertz CT molecular complexity index is 1690. The normalized spacial score (nSPS) is 17.5. The van der Waals surface area contributed by atoms with Crippen LogP contribution in [0.25, 0.3) is 11.4 Å². The number of carbonyl (C=O) groups is 2. The molecule has 4 aromatic rings. The average Bonchev–Trinajstić information content (AvgIpc) is 3.78. The van der Waals surface area contributed by atoms with Crippen molar-refractivity contribution in [1.29, 1.82) is 0 Å². The minimum atomic E-state index is -0.298. The van der Waals surface area contributed by atoms with E-state index in [1.54, 1.807) is 12.1 Å². The van der Waals surface area contributed by atoms with Gasteiger partial charge in [-0.3, -0.25) is 19.4 Å². The first-order valence-electron chi connectivity index (χ1n) is 15.9. The van der Waals surface area contributed by atoms with Crippen molar-refractivity contribution in [2.24, 2.45) is 5.92 Å². The fourth-order valence-electron chi connectivity index (χ4n) is 7.39. The molecule has 0 spiro atoms. The molecule has 0 radical (unpaired) electrons.